The molecule has 0 aromatic heterocycles. The molecule has 3 heteroatoms. The Morgan fingerprint density at radius 3 is 2.36 bits per heavy atom. The fraction of sp³-hybridized carbons (Fsp3) is 0.636. The summed E-state index contributed by atoms with van der Waals surface area (Å²) in [5.41, 5.74) is 1.78. The smallest absolute Gasteiger partial charge is 0.333 e. The maximum absolute atomic E-state index is 11.4. The standard InChI is InChI=1S/C11H16O3/c1-3-14-11(13)8(2)9-4-6-10(12)7-5-9/h3-7H2,1-2H3. The first-order valence-electron chi connectivity index (χ1n) is 5.02. The van der Waals surface area contributed by atoms with Crippen LogP contribution in [-0.4, -0.2) is 18.4 Å². The van der Waals surface area contributed by atoms with Crippen molar-refractivity contribution in [3.05, 3.63) is 11.1 Å². The van der Waals surface area contributed by atoms with Crippen molar-refractivity contribution in [2.24, 2.45) is 0 Å². The lowest BCUT2D eigenvalue weighted by Crippen LogP contribution is -2.12. The van der Waals surface area contributed by atoms with Gasteiger partial charge < -0.3 is 4.74 Å². The molecule has 1 aliphatic rings. The van der Waals surface area contributed by atoms with Crippen LogP contribution in [0.5, 0.6) is 0 Å². The van der Waals surface area contributed by atoms with Crippen molar-refractivity contribution in [3.63, 3.8) is 0 Å². The number of allylic oxidation sites excluding steroid dienone is 1. The summed E-state index contributed by atoms with van der Waals surface area (Å²) in [6, 6.07) is 0. The van der Waals surface area contributed by atoms with Gasteiger partial charge in [0.1, 0.15) is 5.78 Å². The highest BCUT2D eigenvalue weighted by Crippen LogP contribution is 2.24. The van der Waals surface area contributed by atoms with Gasteiger partial charge in [0.15, 0.2) is 0 Å². The van der Waals surface area contributed by atoms with E-state index in [1.807, 2.05) is 0 Å². The molecule has 0 aliphatic heterocycles. The number of hydrogen-bond acceptors (Lipinski definition) is 3. The van der Waals surface area contributed by atoms with Gasteiger partial charge in [-0.05, 0) is 26.7 Å². The zero-order chi connectivity index (χ0) is 10.6. The van der Waals surface area contributed by atoms with E-state index in [9.17, 15) is 9.59 Å². The van der Waals surface area contributed by atoms with Crippen molar-refractivity contribution in [1.29, 1.82) is 0 Å². The summed E-state index contributed by atoms with van der Waals surface area (Å²) in [4.78, 5) is 22.3. The number of carbonyl (C=O) groups excluding carboxylic acids is 2. The van der Waals surface area contributed by atoms with Gasteiger partial charge in [-0.3, -0.25) is 4.79 Å². The summed E-state index contributed by atoms with van der Waals surface area (Å²) in [6.45, 7) is 3.98. The van der Waals surface area contributed by atoms with Crippen molar-refractivity contribution in [1.82, 2.24) is 0 Å². The molecule has 0 atom stereocenters. The van der Waals surface area contributed by atoms with Gasteiger partial charge in [-0.2, -0.15) is 0 Å². The van der Waals surface area contributed by atoms with E-state index in [-0.39, 0.29) is 5.97 Å². The molecule has 0 bridgehead atoms. The van der Waals surface area contributed by atoms with Crippen LogP contribution in [0.15, 0.2) is 11.1 Å². The van der Waals surface area contributed by atoms with E-state index in [1.54, 1.807) is 13.8 Å². The minimum absolute atomic E-state index is 0.239. The molecule has 1 fully saturated rings. The zero-order valence-electron chi connectivity index (χ0n) is 8.76. The molecule has 1 rings (SSSR count). The van der Waals surface area contributed by atoms with Gasteiger partial charge in [-0.1, -0.05) is 5.57 Å². The summed E-state index contributed by atoms with van der Waals surface area (Å²) in [5, 5.41) is 0. The molecular formula is C11H16O3. The van der Waals surface area contributed by atoms with Crippen molar-refractivity contribution in [2.45, 2.75) is 39.5 Å². The van der Waals surface area contributed by atoms with E-state index in [4.69, 9.17) is 4.74 Å². The summed E-state index contributed by atoms with van der Waals surface area (Å²) < 4.78 is 4.90. The molecule has 1 aliphatic carbocycles. The van der Waals surface area contributed by atoms with Gasteiger partial charge in [0.25, 0.3) is 0 Å². The van der Waals surface area contributed by atoms with Crippen molar-refractivity contribution >= 4 is 11.8 Å². The molecule has 0 aromatic carbocycles. The third-order valence-corrected chi connectivity index (χ3v) is 2.52. The second kappa shape index (κ2) is 4.94. The van der Waals surface area contributed by atoms with E-state index in [0.29, 0.717) is 30.8 Å². The highest BCUT2D eigenvalue weighted by molar-refractivity contribution is 5.89. The summed E-state index contributed by atoms with van der Waals surface area (Å²) in [6.07, 6.45) is 2.60. The minimum atomic E-state index is -0.239. The van der Waals surface area contributed by atoms with Crippen LogP contribution in [0.4, 0.5) is 0 Å². The first-order chi connectivity index (χ1) is 6.65. The predicted octanol–water partition coefficient (Wildman–Crippen LogP) is 2.01. The molecule has 3 nitrogen and oxygen atoms in total. The molecule has 0 radical (unpaired) electrons. The Morgan fingerprint density at radius 1 is 1.29 bits per heavy atom. The highest BCUT2D eigenvalue weighted by Gasteiger charge is 2.18. The lowest BCUT2D eigenvalue weighted by molar-refractivity contribution is -0.138. The molecule has 0 aromatic rings. The Balaban J connectivity index is 2.64. The van der Waals surface area contributed by atoms with Crippen LogP contribution in [0.2, 0.25) is 0 Å². The molecule has 0 heterocycles. The third kappa shape index (κ3) is 2.69. The Morgan fingerprint density at radius 2 is 1.86 bits per heavy atom. The second-order valence-electron chi connectivity index (χ2n) is 3.49. The zero-order valence-corrected chi connectivity index (χ0v) is 8.76. The first kappa shape index (κ1) is 11.0. The molecule has 14 heavy (non-hydrogen) atoms. The molecule has 0 N–H and O–H groups in total. The van der Waals surface area contributed by atoms with Gasteiger partial charge in [-0.25, -0.2) is 4.79 Å². The average molecular weight is 196 g/mol. The van der Waals surface area contributed by atoms with Crippen LogP contribution in [-0.2, 0) is 14.3 Å². The highest BCUT2D eigenvalue weighted by atomic mass is 16.5. The van der Waals surface area contributed by atoms with Crippen molar-refractivity contribution < 1.29 is 14.3 Å². The van der Waals surface area contributed by atoms with Gasteiger partial charge in [0.05, 0.1) is 6.61 Å². The number of esters is 1. The van der Waals surface area contributed by atoms with E-state index in [1.165, 1.54) is 0 Å². The molecule has 0 spiro atoms. The van der Waals surface area contributed by atoms with Crippen molar-refractivity contribution in [3.8, 4) is 0 Å². The van der Waals surface area contributed by atoms with Crippen LogP contribution >= 0.6 is 0 Å². The van der Waals surface area contributed by atoms with Gasteiger partial charge in [0.2, 0.25) is 0 Å². The number of ether oxygens (including phenoxy) is 1. The lowest BCUT2D eigenvalue weighted by atomic mass is 9.91. The topological polar surface area (TPSA) is 43.4 Å². The van der Waals surface area contributed by atoms with E-state index in [0.717, 1.165) is 18.4 Å². The van der Waals surface area contributed by atoms with Crippen LogP contribution < -0.4 is 0 Å². The minimum Gasteiger partial charge on any atom is -0.463 e. The normalized spacial score (nSPS) is 16.7. The summed E-state index contributed by atoms with van der Waals surface area (Å²) in [7, 11) is 0. The summed E-state index contributed by atoms with van der Waals surface area (Å²) >= 11 is 0. The number of ketones is 1. The maximum atomic E-state index is 11.4. The van der Waals surface area contributed by atoms with Crippen LogP contribution in [0, 0.1) is 0 Å². The molecule has 78 valence electrons. The monoisotopic (exact) mass is 196 g/mol. The molecule has 0 unspecified atom stereocenters. The Labute approximate surface area is 84.1 Å². The van der Waals surface area contributed by atoms with Crippen LogP contribution in [0.3, 0.4) is 0 Å². The van der Waals surface area contributed by atoms with Crippen molar-refractivity contribution in [2.75, 3.05) is 6.61 Å². The van der Waals surface area contributed by atoms with E-state index < -0.39 is 0 Å². The van der Waals surface area contributed by atoms with E-state index in [2.05, 4.69) is 0 Å². The van der Waals surface area contributed by atoms with Gasteiger partial charge in [-0.15, -0.1) is 0 Å². The Bertz CT molecular complexity index is 264. The molecule has 0 saturated heterocycles. The summed E-state index contributed by atoms with van der Waals surface area (Å²) in [5.74, 6) is 0.0576. The van der Waals surface area contributed by atoms with Gasteiger partial charge >= 0.3 is 5.97 Å². The number of carbonyl (C=O) groups is 2. The Hall–Kier alpha value is -1.12. The fourth-order valence-electron chi connectivity index (χ4n) is 1.59. The predicted molar refractivity (Wildman–Crippen MR) is 52.8 cm³/mol. The average Bonchev–Trinajstić information content (AvgIpc) is 2.18. The van der Waals surface area contributed by atoms with E-state index >= 15 is 0 Å². The first-order valence-corrected chi connectivity index (χ1v) is 5.02. The number of rotatable bonds is 2. The molecule has 0 amide bonds. The van der Waals surface area contributed by atoms with Crippen LogP contribution in [0.1, 0.15) is 39.5 Å². The maximum Gasteiger partial charge on any atom is 0.333 e. The molecular weight excluding hydrogens is 180 g/mol. The largest absolute Gasteiger partial charge is 0.463 e. The lowest BCUT2D eigenvalue weighted by Gasteiger charge is -2.15. The SMILES string of the molecule is CCOC(=O)C(C)=C1CCC(=O)CC1. The molecule has 1 saturated carbocycles. The fourth-order valence-corrected chi connectivity index (χ4v) is 1.59. The third-order valence-electron chi connectivity index (χ3n) is 2.52. The van der Waals surface area contributed by atoms with Crippen LogP contribution in [0.25, 0.3) is 0 Å². The second-order valence-corrected chi connectivity index (χ2v) is 3.49. The number of Topliss-reactive ketones (excluding diaryl/α,β-unsaturated/α-hetero) is 1. The quantitative estimate of drug-likeness (QED) is 0.501. The number of hydrogen-bond donors (Lipinski definition) is 0. The Kier molecular flexibility index (Phi) is 3.86. The van der Waals surface area contributed by atoms with Gasteiger partial charge in [0, 0.05) is 18.4 Å².